The Kier molecular flexibility index (Phi) is 3.98. The lowest BCUT2D eigenvalue weighted by Crippen LogP contribution is -2.30. The van der Waals surface area contributed by atoms with Crippen LogP contribution < -0.4 is 4.90 Å². The van der Waals surface area contributed by atoms with Crippen LogP contribution in [0, 0.1) is 11.8 Å². The zero-order chi connectivity index (χ0) is 17.6. The van der Waals surface area contributed by atoms with Crippen molar-refractivity contribution >= 4 is 5.82 Å². The van der Waals surface area contributed by atoms with Gasteiger partial charge in [0.1, 0.15) is 24.3 Å². The second-order valence-corrected chi connectivity index (χ2v) is 8.49. The van der Waals surface area contributed by atoms with Crippen LogP contribution in [0.15, 0.2) is 18.7 Å². The molecule has 4 heterocycles. The molecule has 4 rings (SSSR count). The fourth-order valence-electron chi connectivity index (χ4n) is 3.99. The molecule has 0 saturated carbocycles. The van der Waals surface area contributed by atoms with E-state index in [4.69, 9.17) is 0 Å². The summed E-state index contributed by atoms with van der Waals surface area (Å²) in [6.45, 7) is 11.9. The number of hydrogen-bond acceptors (Lipinski definition) is 6. The van der Waals surface area contributed by atoms with Crippen LogP contribution in [0.1, 0.15) is 32.3 Å². The minimum Gasteiger partial charge on any atom is -0.356 e. The van der Waals surface area contributed by atoms with Crippen molar-refractivity contribution in [1.29, 1.82) is 0 Å². The summed E-state index contributed by atoms with van der Waals surface area (Å²) in [5, 5.41) is 8.19. The molecular weight excluding hydrogens is 314 g/mol. The number of nitrogens with zero attached hydrogens (tertiary/aromatic N) is 7. The van der Waals surface area contributed by atoms with Gasteiger partial charge in [-0.2, -0.15) is 0 Å². The van der Waals surface area contributed by atoms with Gasteiger partial charge in [0.15, 0.2) is 0 Å². The van der Waals surface area contributed by atoms with E-state index >= 15 is 0 Å². The molecule has 2 saturated heterocycles. The highest BCUT2D eigenvalue weighted by atomic mass is 15.3. The summed E-state index contributed by atoms with van der Waals surface area (Å²) >= 11 is 0. The molecule has 0 spiro atoms. The van der Waals surface area contributed by atoms with Crippen molar-refractivity contribution in [2.45, 2.75) is 32.7 Å². The van der Waals surface area contributed by atoms with Gasteiger partial charge in [0.2, 0.25) is 0 Å². The van der Waals surface area contributed by atoms with Crippen molar-refractivity contribution < 1.29 is 0 Å². The van der Waals surface area contributed by atoms with Gasteiger partial charge in [-0.3, -0.25) is 4.90 Å². The first kappa shape index (κ1) is 16.4. The van der Waals surface area contributed by atoms with E-state index in [9.17, 15) is 0 Å². The molecule has 134 valence electrons. The molecule has 7 heteroatoms. The molecule has 0 aromatic carbocycles. The first-order chi connectivity index (χ1) is 11.9. The molecule has 2 unspecified atom stereocenters. The maximum atomic E-state index is 4.53. The highest BCUT2D eigenvalue weighted by Gasteiger charge is 2.40. The van der Waals surface area contributed by atoms with Crippen molar-refractivity contribution in [3.63, 3.8) is 0 Å². The van der Waals surface area contributed by atoms with Crippen molar-refractivity contribution in [3.05, 3.63) is 30.2 Å². The number of aromatic nitrogens is 5. The zero-order valence-corrected chi connectivity index (χ0v) is 15.6. The Morgan fingerprint density at radius 1 is 1.08 bits per heavy atom. The minimum absolute atomic E-state index is 0.0557. The Balaban J connectivity index is 1.40. The number of aryl methyl sites for hydroxylation is 1. The fraction of sp³-hybridized carbons (Fsp3) is 0.667. The van der Waals surface area contributed by atoms with E-state index in [1.165, 1.54) is 0 Å². The van der Waals surface area contributed by atoms with Crippen molar-refractivity contribution in [2.75, 3.05) is 31.1 Å². The van der Waals surface area contributed by atoms with Crippen molar-refractivity contribution in [1.82, 2.24) is 29.6 Å². The highest BCUT2D eigenvalue weighted by molar-refractivity contribution is 5.42. The molecule has 25 heavy (non-hydrogen) atoms. The molecule has 0 aliphatic carbocycles. The number of anilines is 1. The molecule has 0 N–H and O–H groups in total. The van der Waals surface area contributed by atoms with E-state index in [1.807, 2.05) is 11.6 Å². The third-order valence-corrected chi connectivity index (χ3v) is 5.48. The Morgan fingerprint density at radius 2 is 1.80 bits per heavy atom. The summed E-state index contributed by atoms with van der Waals surface area (Å²) in [4.78, 5) is 13.9. The average Bonchev–Trinajstić information content (AvgIpc) is 3.22. The SMILES string of the molecule is Cn1cnnc1CN1CC2CN(c3cc(C(C)(C)C)ncn3)CC2C1. The maximum Gasteiger partial charge on any atom is 0.146 e. The molecule has 2 aliphatic heterocycles. The topological polar surface area (TPSA) is 63.0 Å². The molecule has 2 atom stereocenters. The van der Waals surface area contributed by atoms with Gasteiger partial charge >= 0.3 is 0 Å². The monoisotopic (exact) mass is 341 g/mol. The molecule has 2 aromatic heterocycles. The Morgan fingerprint density at radius 3 is 2.40 bits per heavy atom. The quantitative estimate of drug-likeness (QED) is 0.842. The van der Waals surface area contributed by atoms with Crippen LogP contribution in [0.4, 0.5) is 5.82 Å². The van der Waals surface area contributed by atoms with Crippen LogP contribution in [0.25, 0.3) is 0 Å². The minimum atomic E-state index is 0.0557. The Labute approximate surface area is 149 Å². The lowest BCUT2D eigenvalue weighted by molar-refractivity contribution is 0.297. The first-order valence-corrected chi connectivity index (χ1v) is 9.03. The van der Waals surface area contributed by atoms with Gasteiger partial charge in [-0.1, -0.05) is 20.8 Å². The second kappa shape index (κ2) is 6.05. The fourth-order valence-corrected chi connectivity index (χ4v) is 3.99. The number of rotatable bonds is 3. The first-order valence-electron chi connectivity index (χ1n) is 9.03. The molecule has 0 bridgehead atoms. The number of hydrogen-bond donors (Lipinski definition) is 0. The van der Waals surface area contributed by atoms with E-state index in [0.29, 0.717) is 11.8 Å². The Bertz CT molecular complexity index is 734. The highest BCUT2D eigenvalue weighted by Crippen LogP contribution is 2.34. The van der Waals surface area contributed by atoms with Crippen molar-refractivity contribution in [3.8, 4) is 0 Å². The molecule has 2 fully saturated rings. The molecule has 2 aliphatic rings. The summed E-state index contributed by atoms with van der Waals surface area (Å²) < 4.78 is 2.01. The summed E-state index contributed by atoms with van der Waals surface area (Å²) in [7, 11) is 2.01. The van der Waals surface area contributed by atoms with E-state index in [2.05, 4.69) is 56.8 Å². The van der Waals surface area contributed by atoms with Crippen molar-refractivity contribution in [2.24, 2.45) is 18.9 Å². The molecule has 0 amide bonds. The van der Waals surface area contributed by atoms with E-state index in [1.54, 1.807) is 12.7 Å². The smallest absolute Gasteiger partial charge is 0.146 e. The van der Waals surface area contributed by atoms with Crippen LogP contribution in [-0.4, -0.2) is 55.8 Å². The summed E-state index contributed by atoms with van der Waals surface area (Å²) in [5.41, 5.74) is 1.17. The molecule has 2 aromatic rings. The van der Waals surface area contributed by atoms with Gasteiger partial charge < -0.3 is 9.47 Å². The molecular formula is C18H27N7. The van der Waals surface area contributed by atoms with Crippen LogP contribution in [-0.2, 0) is 19.0 Å². The third-order valence-electron chi connectivity index (χ3n) is 5.48. The maximum absolute atomic E-state index is 4.53. The van der Waals surface area contributed by atoms with E-state index in [0.717, 1.165) is 50.1 Å². The average molecular weight is 341 g/mol. The van der Waals surface area contributed by atoms with Crippen LogP contribution in [0.2, 0.25) is 0 Å². The predicted octanol–water partition coefficient (Wildman–Crippen LogP) is 1.47. The number of likely N-dealkylation sites (tertiary alicyclic amines) is 1. The normalized spacial score (nSPS) is 24.1. The standard InChI is InChI=1S/C18H27N7/c1-18(2,3)15-5-16(20-11-19-15)25-8-13-6-24(7-14(13)9-25)10-17-22-21-12-23(17)4/h5,11-14H,6-10H2,1-4H3. The van der Waals surface area contributed by atoms with E-state index < -0.39 is 0 Å². The van der Waals surface area contributed by atoms with Gasteiger partial charge in [-0.05, 0) is 11.8 Å². The largest absolute Gasteiger partial charge is 0.356 e. The van der Waals surface area contributed by atoms with Crippen LogP contribution in [0.3, 0.4) is 0 Å². The summed E-state index contributed by atoms with van der Waals surface area (Å²) in [5.74, 6) is 3.54. The second-order valence-electron chi connectivity index (χ2n) is 8.49. The summed E-state index contributed by atoms with van der Waals surface area (Å²) in [6, 6.07) is 2.17. The summed E-state index contributed by atoms with van der Waals surface area (Å²) in [6.07, 6.45) is 3.49. The van der Waals surface area contributed by atoms with Gasteiger partial charge in [0.05, 0.1) is 12.2 Å². The van der Waals surface area contributed by atoms with Gasteiger partial charge in [-0.25, -0.2) is 9.97 Å². The zero-order valence-electron chi connectivity index (χ0n) is 15.6. The predicted molar refractivity (Wildman–Crippen MR) is 96.2 cm³/mol. The number of fused-ring (bicyclic) bond motifs is 1. The lowest BCUT2D eigenvalue weighted by Gasteiger charge is -2.24. The Hall–Kier alpha value is -2.02. The van der Waals surface area contributed by atoms with Gasteiger partial charge in [0.25, 0.3) is 0 Å². The molecule has 7 nitrogen and oxygen atoms in total. The van der Waals surface area contributed by atoms with Crippen LogP contribution >= 0.6 is 0 Å². The van der Waals surface area contributed by atoms with E-state index in [-0.39, 0.29) is 5.41 Å². The molecule has 0 radical (unpaired) electrons. The lowest BCUT2D eigenvalue weighted by atomic mass is 9.92. The third kappa shape index (κ3) is 3.25. The van der Waals surface area contributed by atoms with Gasteiger partial charge in [0, 0.05) is 44.7 Å². The van der Waals surface area contributed by atoms with Crippen LogP contribution in [0.5, 0.6) is 0 Å². The van der Waals surface area contributed by atoms with Gasteiger partial charge in [-0.15, -0.1) is 10.2 Å².